The first kappa shape index (κ1) is 17.1. The largest absolute Gasteiger partial charge is 0.475 e. The van der Waals surface area contributed by atoms with Crippen molar-refractivity contribution < 1.29 is 14.5 Å². The lowest BCUT2D eigenvalue weighted by molar-refractivity contribution is -0.386. The monoisotopic (exact) mass is 357 g/mol. The van der Waals surface area contributed by atoms with Crippen LogP contribution in [-0.2, 0) is 6.54 Å². The number of nitrogens with zero attached hydrogens (tertiary/aromatic N) is 5. The van der Waals surface area contributed by atoms with E-state index in [1.165, 1.54) is 13.4 Å². The predicted octanol–water partition coefficient (Wildman–Crippen LogP) is 1.53. The highest BCUT2D eigenvalue weighted by Crippen LogP contribution is 2.27. The van der Waals surface area contributed by atoms with Crippen LogP contribution in [0.25, 0.3) is 0 Å². The molecule has 0 saturated heterocycles. The fourth-order valence-electron chi connectivity index (χ4n) is 2.26. The summed E-state index contributed by atoms with van der Waals surface area (Å²) >= 11 is 0. The first-order valence-electron chi connectivity index (χ1n) is 7.51. The third kappa shape index (κ3) is 3.50. The summed E-state index contributed by atoms with van der Waals surface area (Å²) in [7, 11) is 1.22. The van der Waals surface area contributed by atoms with Gasteiger partial charge in [0, 0.05) is 0 Å². The van der Waals surface area contributed by atoms with Crippen molar-refractivity contribution in [1.82, 2.24) is 25.0 Å². The Labute approximate surface area is 147 Å². The van der Waals surface area contributed by atoms with Crippen molar-refractivity contribution in [3.8, 4) is 5.88 Å². The zero-order valence-electron chi connectivity index (χ0n) is 14.0. The fraction of sp³-hybridized carbons (Fsp3) is 0.200. The van der Waals surface area contributed by atoms with Crippen LogP contribution in [0.4, 0.5) is 11.6 Å². The maximum atomic E-state index is 12.2. The number of aromatic nitrogens is 5. The maximum Gasteiger partial charge on any atom is 0.362 e. The average Bonchev–Trinajstić information content (AvgIpc) is 3.23. The van der Waals surface area contributed by atoms with Crippen LogP contribution < -0.4 is 10.1 Å². The van der Waals surface area contributed by atoms with E-state index in [-0.39, 0.29) is 17.5 Å². The molecule has 0 atom stereocenters. The molecule has 2 N–H and O–H groups in total. The number of nitro groups is 1. The van der Waals surface area contributed by atoms with Crippen molar-refractivity contribution in [2.45, 2.75) is 13.5 Å². The number of H-pyrrole nitrogens is 1. The quantitative estimate of drug-likeness (QED) is 0.503. The summed E-state index contributed by atoms with van der Waals surface area (Å²) in [5.74, 6) is -1.05. The van der Waals surface area contributed by atoms with Crippen molar-refractivity contribution in [2.24, 2.45) is 0 Å². The van der Waals surface area contributed by atoms with Crippen LogP contribution in [0.5, 0.6) is 5.88 Å². The minimum atomic E-state index is -0.791. The number of carbonyl (C=O) groups excluding carboxylic acids is 1. The second-order valence-electron chi connectivity index (χ2n) is 5.42. The second kappa shape index (κ2) is 7.01. The number of amides is 1. The molecule has 1 amide bonds. The van der Waals surface area contributed by atoms with E-state index < -0.39 is 16.5 Å². The van der Waals surface area contributed by atoms with E-state index in [1.807, 2.05) is 31.2 Å². The van der Waals surface area contributed by atoms with Crippen LogP contribution in [0.15, 0.2) is 30.6 Å². The number of rotatable bonds is 6. The van der Waals surface area contributed by atoms with E-state index >= 15 is 0 Å². The average molecular weight is 357 g/mol. The Kier molecular flexibility index (Phi) is 4.60. The zero-order valence-corrected chi connectivity index (χ0v) is 14.0. The van der Waals surface area contributed by atoms with E-state index in [2.05, 4.69) is 25.6 Å². The molecular formula is C15H15N7O4. The van der Waals surface area contributed by atoms with Crippen molar-refractivity contribution in [1.29, 1.82) is 0 Å². The Bertz CT molecular complexity index is 945. The van der Waals surface area contributed by atoms with E-state index in [1.54, 1.807) is 4.68 Å². The smallest absolute Gasteiger partial charge is 0.362 e. The summed E-state index contributed by atoms with van der Waals surface area (Å²) in [6.45, 7) is 2.47. The fourth-order valence-corrected chi connectivity index (χ4v) is 2.26. The van der Waals surface area contributed by atoms with Gasteiger partial charge in [0.1, 0.15) is 6.33 Å². The van der Waals surface area contributed by atoms with E-state index in [9.17, 15) is 14.9 Å². The van der Waals surface area contributed by atoms with Gasteiger partial charge in [0.15, 0.2) is 0 Å². The third-order valence-corrected chi connectivity index (χ3v) is 3.54. The van der Waals surface area contributed by atoms with Gasteiger partial charge in [-0.25, -0.2) is 9.67 Å². The van der Waals surface area contributed by atoms with Gasteiger partial charge in [-0.2, -0.15) is 0 Å². The summed E-state index contributed by atoms with van der Waals surface area (Å²) < 4.78 is 6.31. The van der Waals surface area contributed by atoms with Crippen LogP contribution in [0.1, 0.15) is 21.6 Å². The van der Waals surface area contributed by atoms with Gasteiger partial charge in [-0.1, -0.05) is 29.8 Å². The first-order valence-corrected chi connectivity index (χ1v) is 7.51. The lowest BCUT2D eigenvalue weighted by Gasteiger charge is -2.01. The highest BCUT2D eigenvalue weighted by Gasteiger charge is 2.30. The summed E-state index contributed by atoms with van der Waals surface area (Å²) in [6.07, 6.45) is 1.46. The van der Waals surface area contributed by atoms with Crippen molar-refractivity contribution in [2.75, 3.05) is 12.4 Å². The molecule has 0 aliphatic heterocycles. The highest BCUT2D eigenvalue weighted by atomic mass is 16.6. The molecule has 134 valence electrons. The number of methoxy groups -OCH3 is 1. The van der Waals surface area contributed by atoms with Crippen LogP contribution in [-0.4, -0.2) is 42.9 Å². The third-order valence-electron chi connectivity index (χ3n) is 3.54. The number of ether oxygens (including phenoxy) is 1. The van der Waals surface area contributed by atoms with Gasteiger partial charge in [0.05, 0.1) is 18.6 Å². The van der Waals surface area contributed by atoms with Gasteiger partial charge in [-0.15, -0.1) is 10.2 Å². The van der Waals surface area contributed by atoms with Gasteiger partial charge >= 0.3 is 11.6 Å². The molecule has 11 heteroatoms. The molecular weight excluding hydrogens is 342 g/mol. The Balaban J connectivity index is 1.73. The van der Waals surface area contributed by atoms with Crippen LogP contribution in [0, 0.1) is 17.0 Å². The molecule has 3 rings (SSSR count). The lowest BCUT2D eigenvalue weighted by Crippen LogP contribution is -2.15. The molecule has 0 radical (unpaired) electrons. The van der Waals surface area contributed by atoms with E-state index in [0.29, 0.717) is 6.54 Å². The van der Waals surface area contributed by atoms with Gasteiger partial charge in [-0.3, -0.25) is 25.3 Å². The second-order valence-corrected chi connectivity index (χ2v) is 5.42. The molecule has 26 heavy (non-hydrogen) atoms. The number of hydrogen-bond acceptors (Lipinski definition) is 7. The molecule has 2 heterocycles. The van der Waals surface area contributed by atoms with Gasteiger partial charge in [0.2, 0.25) is 11.6 Å². The molecule has 0 unspecified atom stereocenters. The normalized spacial score (nSPS) is 10.5. The SMILES string of the molecule is COc1n[nH]c(C(=O)Nc2ncn(Cc3ccc(C)cc3)n2)c1[N+](=O)[O-]. The minimum absolute atomic E-state index is 0.0185. The topological polar surface area (TPSA) is 141 Å². The molecule has 3 aromatic rings. The standard InChI is InChI=1S/C15H15N7O4/c1-9-3-5-10(6-4-9)7-21-8-16-15(20-21)17-13(23)11-12(22(24)25)14(26-2)19-18-11/h3-6,8H,7H2,1-2H3,(H,18,19)(H,17,20,23). The zero-order chi connectivity index (χ0) is 18.7. The predicted molar refractivity (Wildman–Crippen MR) is 90.1 cm³/mol. The molecule has 1 aromatic carbocycles. The minimum Gasteiger partial charge on any atom is -0.475 e. The molecule has 2 aromatic heterocycles. The van der Waals surface area contributed by atoms with Crippen LogP contribution in [0.3, 0.4) is 0 Å². The number of hydrogen-bond donors (Lipinski definition) is 2. The summed E-state index contributed by atoms with van der Waals surface area (Å²) in [5, 5.41) is 23.5. The molecule has 0 bridgehead atoms. The maximum absolute atomic E-state index is 12.2. The van der Waals surface area contributed by atoms with Crippen molar-refractivity contribution in [3.63, 3.8) is 0 Å². The van der Waals surface area contributed by atoms with Gasteiger partial charge in [0.25, 0.3) is 5.91 Å². The number of benzene rings is 1. The van der Waals surface area contributed by atoms with Crippen LogP contribution in [0.2, 0.25) is 0 Å². The number of aryl methyl sites for hydroxylation is 1. The number of carbonyl (C=O) groups is 1. The van der Waals surface area contributed by atoms with Gasteiger partial charge in [-0.05, 0) is 12.5 Å². The first-order chi connectivity index (χ1) is 12.5. The number of anilines is 1. The molecule has 0 saturated carbocycles. The van der Waals surface area contributed by atoms with Crippen LogP contribution >= 0.6 is 0 Å². The molecule has 0 aliphatic carbocycles. The summed E-state index contributed by atoms with van der Waals surface area (Å²) in [4.78, 5) is 26.6. The molecule has 0 fully saturated rings. The highest BCUT2D eigenvalue weighted by molar-refractivity contribution is 6.05. The van der Waals surface area contributed by atoms with E-state index in [0.717, 1.165) is 11.1 Å². The number of aromatic amines is 1. The summed E-state index contributed by atoms with van der Waals surface area (Å²) in [6, 6.07) is 7.91. The van der Waals surface area contributed by atoms with E-state index in [4.69, 9.17) is 4.74 Å². The molecule has 0 aliphatic rings. The van der Waals surface area contributed by atoms with Crippen molar-refractivity contribution >= 4 is 17.5 Å². The Morgan fingerprint density at radius 1 is 1.38 bits per heavy atom. The Hall–Kier alpha value is -3.76. The summed E-state index contributed by atoms with van der Waals surface area (Å²) in [5.41, 5.74) is 1.27. The van der Waals surface area contributed by atoms with Gasteiger partial charge < -0.3 is 4.74 Å². The Morgan fingerprint density at radius 2 is 2.12 bits per heavy atom. The Morgan fingerprint density at radius 3 is 2.77 bits per heavy atom. The number of nitrogens with one attached hydrogen (secondary N) is 2. The lowest BCUT2D eigenvalue weighted by atomic mass is 10.1. The van der Waals surface area contributed by atoms with Crippen molar-refractivity contribution in [3.05, 3.63) is 57.5 Å². The molecule has 0 spiro atoms. The molecule has 11 nitrogen and oxygen atoms in total.